The van der Waals surface area contributed by atoms with E-state index >= 15 is 0 Å². The summed E-state index contributed by atoms with van der Waals surface area (Å²) in [5.41, 5.74) is 2.10. The molecule has 0 bridgehead atoms. The molecule has 0 atom stereocenters. The first-order valence-electron chi connectivity index (χ1n) is 5.00. The zero-order valence-corrected chi connectivity index (χ0v) is 8.99. The van der Waals surface area contributed by atoms with E-state index in [1.807, 2.05) is 36.9 Å². The van der Waals surface area contributed by atoms with Gasteiger partial charge in [0.1, 0.15) is 6.07 Å². The van der Waals surface area contributed by atoms with Crippen LogP contribution >= 0.6 is 0 Å². The molecule has 1 fully saturated rings. The molecule has 0 saturated carbocycles. The standard InChI is InChI=1S/C12H14N2O/c1-9-3-4-11(10(5-9)6-13)14-7-12(2,15)8-14/h3-5,15H,7-8H2,1-2H3. The average molecular weight is 202 g/mol. The van der Waals surface area contributed by atoms with Gasteiger partial charge in [-0.2, -0.15) is 5.26 Å². The van der Waals surface area contributed by atoms with E-state index in [9.17, 15) is 5.11 Å². The number of nitrogens with zero attached hydrogens (tertiary/aromatic N) is 2. The second kappa shape index (κ2) is 3.25. The van der Waals surface area contributed by atoms with Gasteiger partial charge in [0.15, 0.2) is 0 Å². The summed E-state index contributed by atoms with van der Waals surface area (Å²) in [6.45, 7) is 4.98. The fraction of sp³-hybridized carbons (Fsp3) is 0.417. The molecule has 1 aromatic rings. The topological polar surface area (TPSA) is 47.3 Å². The van der Waals surface area contributed by atoms with Crippen molar-refractivity contribution in [2.24, 2.45) is 0 Å². The molecule has 3 nitrogen and oxygen atoms in total. The molecular formula is C12H14N2O. The van der Waals surface area contributed by atoms with Crippen LogP contribution in [0.5, 0.6) is 0 Å². The van der Waals surface area contributed by atoms with Crippen molar-refractivity contribution in [3.8, 4) is 6.07 Å². The van der Waals surface area contributed by atoms with Crippen LogP contribution in [0.3, 0.4) is 0 Å². The zero-order chi connectivity index (χ0) is 11.1. The maximum atomic E-state index is 9.64. The summed E-state index contributed by atoms with van der Waals surface area (Å²) >= 11 is 0. The summed E-state index contributed by atoms with van der Waals surface area (Å²) in [5, 5.41) is 18.6. The van der Waals surface area contributed by atoms with E-state index in [4.69, 9.17) is 5.26 Å². The molecule has 0 unspecified atom stereocenters. The number of aliphatic hydroxyl groups is 1. The number of β-amino-alcohol motifs (C(OH)–C–C–N with tert-alkyl or cyclic N) is 1. The van der Waals surface area contributed by atoms with E-state index in [0.717, 1.165) is 11.3 Å². The van der Waals surface area contributed by atoms with E-state index in [1.54, 1.807) is 0 Å². The molecule has 1 heterocycles. The van der Waals surface area contributed by atoms with E-state index < -0.39 is 5.60 Å². The van der Waals surface area contributed by atoms with Crippen LogP contribution in [-0.2, 0) is 0 Å². The van der Waals surface area contributed by atoms with Crippen molar-refractivity contribution in [1.82, 2.24) is 0 Å². The van der Waals surface area contributed by atoms with Gasteiger partial charge in [-0.1, -0.05) is 6.07 Å². The average Bonchev–Trinajstić information content (AvgIpc) is 2.14. The lowest BCUT2D eigenvalue weighted by molar-refractivity contribution is 0.0310. The Morgan fingerprint density at radius 3 is 2.67 bits per heavy atom. The third-order valence-corrected chi connectivity index (χ3v) is 2.68. The van der Waals surface area contributed by atoms with Crippen LogP contribution < -0.4 is 4.90 Å². The fourth-order valence-corrected chi connectivity index (χ4v) is 1.96. The summed E-state index contributed by atoms with van der Waals surface area (Å²) in [6, 6.07) is 8.00. The number of aryl methyl sites for hydroxylation is 1. The number of hydrogen-bond donors (Lipinski definition) is 1. The minimum Gasteiger partial charge on any atom is -0.386 e. The second-order valence-corrected chi connectivity index (χ2v) is 4.49. The van der Waals surface area contributed by atoms with Crippen LogP contribution in [0.1, 0.15) is 18.1 Å². The highest BCUT2D eigenvalue weighted by molar-refractivity contribution is 5.62. The quantitative estimate of drug-likeness (QED) is 0.749. The third kappa shape index (κ3) is 1.81. The first-order chi connectivity index (χ1) is 7.02. The molecule has 15 heavy (non-hydrogen) atoms. The summed E-state index contributed by atoms with van der Waals surface area (Å²) in [7, 11) is 0. The summed E-state index contributed by atoms with van der Waals surface area (Å²) in [6.07, 6.45) is 0. The van der Waals surface area contributed by atoms with E-state index in [0.29, 0.717) is 18.7 Å². The lowest BCUT2D eigenvalue weighted by Crippen LogP contribution is -2.60. The second-order valence-electron chi connectivity index (χ2n) is 4.49. The summed E-state index contributed by atoms with van der Waals surface area (Å²) in [5.74, 6) is 0. The molecule has 1 aromatic carbocycles. The number of anilines is 1. The van der Waals surface area contributed by atoms with Crippen molar-refractivity contribution in [3.05, 3.63) is 29.3 Å². The molecule has 1 aliphatic rings. The SMILES string of the molecule is Cc1ccc(N2CC(C)(O)C2)c(C#N)c1. The lowest BCUT2D eigenvalue weighted by atomic mass is 9.95. The molecule has 3 heteroatoms. The van der Waals surface area contributed by atoms with Crippen molar-refractivity contribution in [2.75, 3.05) is 18.0 Å². The van der Waals surface area contributed by atoms with Crippen LogP contribution in [-0.4, -0.2) is 23.8 Å². The Labute approximate surface area is 89.6 Å². The highest BCUT2D eigenvalue weighted by Crippen LogP contribution is 2.30. The Kier molecular flexibility index (Phi) is 2.17. The van der Waals surface area contributed by atoms with Crippen molar-refractivity contribution in [3.63, 3.8) is 0 Å². The molecule has 0 aromatic heterocycles. The van der Waals surface area contributed by atoms with Gasteiger partial charge < -0.3 is 10.0 Å². The molecule has 1 aliphatic heterocycles. The van der Waals surface area contributed by atoms with Gasteiger partial charge in [-0.05, 0) is 31.5 Å². The van der Waals surface area contributed by atoms with E-state index in [1.165, 1.54) is 0 Å². The largest absolute Gasteiger partial charge is 0.386 e. The fourth-order valence-electron chi connectivity index (χ4n) is 1.96. The van der Waals surface area contributed by atoms with Crippen LogP contribution in [0.15, 0.2) is 18.2 Å². The smallest absolute Gasteiger partial charge is 0.101 e. The molecule has 0 amide bonds. The first kappa shape index (κ1) is 10.0. The maximum absolute atomic E-state index is 9.64. The Hall–Kier alpha value is -1.53. The maximum Gasteiger partial charge on any atom is 0.101 e. The van der Waals surface area contributed by atoms with Crippen LogP contribution in [0.25, 0.3) is 0 Å². The van der Waals surface area contributed by atoms with Crippen LogP contribution in [0.4, 0.5) is 5.69 Å². The molecule has 2 rings (SSSR count). The normalized spacial score (nSPS) is 18.1. The van der Waals surface area contributed by atoms with Gasteiger partial charge in [-0.25, -0.2) is 0 Å². The number of hydrogen-bond acceptors (Lipinski definition) is 3. The monoisotopic (exact) mass is 202 g/mol. The molecule has 1 N–H and O–H groups in total. The highest BCUT2D eigenvalue weighted by Gasteiger charge is 2.37. The molecule has 0 aliphatic carbocycles. The summed E-state index contributed by atoms with van der Waals surface area (Å²) < 4.78 is 0. The van der Waals surface area contributed by atoms with E-state index in [-0.39, 0.29) is 0 Å². The van der Waals surface area contributed by atoms with Gasteiger partial charge in [0.2, 0.25) is 0 Å². The highest BCUT2D eigenvalue weighted by atomic mass is 16.3. The van der Waals surface area contributed by atoms with Gasteiger partial charge in [0.05, 0.1) is 16.9 Å². The predicted octanol–water partition coefficient (Wildman–Crippen LogP) is 1.44. The predicted molar refractivity (Wildman–Crippen MR) is 58.7 cm³/mol. The lowest BCUT2D eigenvalue weighted by Gasteiger charge is -2.46. The molecular weight excluding hydrogens is 188 g/mol. The number of benzene rings is 1. The van der Waals surface area contributed by atoms with E-state index in [2.05, 4.69) is 6.07 Å². The van der Waals surface area contributed by atoms with Crippen LogP contribution in [0, 0.1) is 18.3 Å². The minimum atomic E-state index is -0.600. The molecule has 78 valence electrons. The minimum absolute atomic E-state index is 0.600. The zero-order valence-electron chi connectivity index (χ0n) is 8.99. The third-order valence-electron chi connectivity index (χ3n) is 2.68. The number of nitriles is 1. The Morgan fingerprint density at radius 1 is 1.47 bits per heavy atom. The number of rotatable bonds is 1. The van der Waals surface area contributed by atoms with Crippen LogP contribution in [0.2, 0.25) is 0 Å². The van der Waals surface area contributed by atoms with Gasteiger partial charge in [0.25, 0.3) is 0 Å². The van der Waals surface area contributed by atoms with Gasteiger partial charge in [0, 0.05) is 13.1 Å². The molecule has 0 spiro atoms. The van der Waals surface area contributed by atoms with Gasteiger partial charge in [-0.15, -0.1) is 0 Å². The summed E-state index contributed by atoms with van der Waals surface area (Å²) in [4.78, 5) is 2.03. The van der Waals surface area contributed by atoms with Crippen molar-refractivity contribution < 1.29 is 5.11 Å². The van der Waals surface area contributed by atoms with Gasteiger partial charge >= 0.3 is 0 Å². The Morgan fingerprint density at radius 2 is 2.13 bits per heavy atom. The van der Waals surface area contributed by atoms with Crippen molar-refractivity contribution in [2.45, 2.75) is 19.4 Å². The van der Waals surface area contributed by atoms with Crippen molar-refractivity contribution >= 4 is 5.69 Å². The van der Waals surface area contributed by atoms with Gasteiger partial charge in [-0.3, -0.25) is 0 Å². The Balaban J connectivity index is 2.27. The molecule has 1 saturated heterocycles. The first-order valence-corrected chi connectivity index (χ1v) is 5.00. The molecule has 0 radical (unpaired) electrons. The Bertz CT molecular complexity index is 424. The van der Waals surface area contributed by atoms with Crippen molar-refractivity contribution in [1.29, 1.82) is 5.26 Å².